The van der Waals surface area contributed by atoms with Crippen molar-refractivity contribution in [3.63, 3.8) is 0 Å². The third-order valence-electron chi connectivity index (χ3n) is 9.63. The van der Waals surface area contributed by atoms with Gasteiger partial charge in [-0.05, 0) is 0 Å². The minimum absolute atomic E-state index is 0.752. The second-order valence-corrected chi connectivity index (χ2v) is 17.9. The maximum absolute atomic E-state index is 2.64. The van der Waals surface area contributed by atoms with Gasteiger partial charge in [0.2, 0.25) is 0 Å². The summed E-state index contributed by atoms with van der Waals surface area (Å²) in [5.41, 5.74) is 6.31. The van der Waals surface area contributed by atoms with Crippen LogP contribution in [0.1, 0.15) is 91.9 Å². The van der Waals surface area contributed by atoms with Crippen LogP contribution in [-0.4, -0.2) is 22.6 Å². The molecular formula is C30H45P. The summed E-state index contributed by atoms with van der Waals surface area (Å²) < 4.78 is 0. The Bertz CT molecular complexity index is 808. The fourth-order valence-electron chi connectivity index (χ4n) is 8.63. The van der Waals surface area contributed by atoms with Gasteiger partial charge in [0.25, 0.3) is 0 Å². The molecule has 0 unspecified atom stereocenters. The van der Waals surface area contributed by atoms with E-state index in [1.807, 2.05) is 5.30 Å². The second-order valence-electron chi connectivity index (χ2n) is 11.1. The van der Waals surface area contributed by atoms with Crippen molar-refractivity contribution in [2.45, 2.75) is 115 Å². The van der Waals surface area contributed by atoms with E-state index in [2.05, 4.69) is 82.3 Å². The minimum atomic E-state index is -2.33. The van der Waals surface area contributed by atoms with Crippen LogP contribution in [-0.2, 0) is 0 Å². The first-order valence-corrected chi connectivity index (χ1v) is 15.7. The van der Waals surface area contributed by atoms with Gasteiger partial charge >= 0.3 is 192 Å². The average molecular weight is 437 g/mol. The Kier molecular flexibility index (Phi) is 6.98. The molecule has 0 saturated heterocycles. The van der Waals surface area contributed by atoms with Crippen molar-refractivity contribution < 1.29 is 0 Å². The van der Waals surface area contributed by atoms with Gasteiger partial charge < -0.3 is 0 Å². The van der Waals surface area contributed by atoms with Gasteiger partial charge in [0.1, 0.15) is 0 Å². The Morgan fingerprint density at radius 1 is 0.581 bits per heavy atom. The monoisotopic (exact) mass is 436 g/mol. The molecule has 0 spiro atoms. The molecule has 2 aromatic carbocycles. The Labute approximate surface area is 192 Å². The topological polar surface area (TPSA) is 0 Å². The van der Waals surface area contributed by atoms with E-state index in [-0.39, 0.29) is 0 Å². The van der Waals surface area contributed by atoms with E-state index in [1.54, 1.807) is 5.56 Å². The quantitative estimate of drug-likeness (QED) is 0.396. The van der Waals surface area contributed by atoms with Crippen molar-refractivity contribution in [1.29, 1.82) is 0 Å². The molecule has 31 heavy (non-hydrogen) atoms. The molecule has 2 fully saturated rings. The van der Waals surface area contributed by atoms with Gasteiger partial charge in [-0.2, -0.15) is 0 Å². The summed E-state index contributed by atoms with van der Waals surface area (Å²) in [6, 6.07) is 21.1. The zero-order chi connectivity index (χ0) is 21.9. The van der Waals surface area contributed by atoms with E-state index >= 15 is 0 Å². The molecule has 0 aliphatic heterocycles. The van der Waals surface area contributed by atoms with Crippen LogP contribution in [0.3, 0.4) is 0 Å². The van der Waals surface area contributed by atoms with Gasteiger partial charge in [0, 0.05) is 0 Å². The summed E-state index contributed by atoms with van der Waals surface area (Å²) in [7, 11) is 0. The van der Waals surface area contributed by atoms with Gasteiger partial charge in [-0.25, -0.2) is 0 Å². The third kappa shape index (κ3) is 3.44. The molecule has 0 bridgehead atoms. The standard InChI is InChI=1S/C30H45P/c1-24(2)31(25(3)4,27-18-10-6-11-19-27,28-20-12-7-13-21-28)30-23-15-14-22-29(30)26-16-8-5-9-17-26/h5,8-9,14-17,22-25,27-28H,6-7,10-13,18-21H2,1-4H3. The fraction of sp³-hybridized carbons (Fsp3) is 0.600. The first kappa shape index (κ1) is 23.0. The Hall–Kier alpha value is -1.13. The molecule has 0 amide bonds. The van der Waals surface area contributed by atoms with E-state index < -0.39 is 6.60 Å². The fourth-order valence-corrected chi connectivity index (χ4v) is 19.9. The summed E-state index contributed by atoms with van der Waals surface area (Å²) in [4.78, 5) is 0. The maximum atomic E-state index is 2.64. The molecule has 2 aromatic rings. The molecule has 0 heterocycles. The molecule has 1 heteroatoms. The van der Waals surface area contributed by atoms with Crippen LogP contribution in [0.2, 0.25) is 0 Å². The average Bonchev–Trinajstić information content (AvgIpc) is 2.82. The molecule has 0 N–H and O–H groups in total. The predicted molar refractivity (Wildman–Crippen MR) is 142 cm³/mol. The Morgan fingerprint density at radius 2 is 1.03 bits per heavy atom. The molecule has 0 aromatic heterocycles. The predicted octanol–water partition coefficient (Wildman–Crippen LogP) is 9.01. The van der Waals surface area contributed by atoms with Gasteiger partial charge in [0.05, 0.1) is 0 Å². The van der Waals surface area contributed by atoms with Crippen molar-refractivity contribution in [1.82, 2.24) is 0 Å². The number of benzene rings is 2. The van der Waals surface area contributed by atoms with Crippen LogP contribution in [0.5, 0.6) is 0 Å². The number of hydrogen-bond donors (Lipinski definition) is 0. The van der Waals surface area contributed by atoms with Crippen molar-refractivity contribution in [3.05, 3.63) is 54.6 Å². The first-order chi connectivity index (χ1) is 15.0. The summed E-state index contributed by atoms with van der Waals surface area (Å²) in [6.07, 6.45) is 14.5. The van der Waals surface area contributed by atoms with Crippen LogP contribution in [0.4, 0.5) is 0 Å². The van der Waals surface area contributed by atoms with Crippen molar-refractivity contribution >= 4 is 11.9 Å². The first-order valence-electron chi connectivity index (χ1n) is 13.2. The van der Waals surface area contributed by atoms with E-state index in [9.17, 15) is 0 Å². The molecule has 0 nitrogen and oxygen atoms in total. The Balaban J connectivity index is 2.08. The van der Waals surface area contributed by atoms with Crippen LogP contribution >= 0.6 is 6.60 Å². The molecule has 2 aliphatic rings. The second kappa shape index (κ2) is 9.39. The van der Waals surface area contributed by atoms with E-state index in [4.69, 9.17) is 0 Å². The van der Waals surface area contributed by atoms with E-state index in [0.29, 0.717) is 0 Å². The van der Waals surface area contributed by atoms with E-state index in [1.165, 1.54) is 69.8 Å². The summed E-state index contributed by atoms with van der Waals surface area (Å²) >= 11 is 0. The molecule has 2 aliphatic carbocycles. The zero-order valence-corrected chi connectivity index (χ0v) is 21.4. The van der Waals surface area contributed by atoms with Crippen molar-refractivity contribution in [2.75, 3.05) is 0 Å². The summed E-state index contributed by atoms with van der Waals surface area (Å²) in [6.45, 7) is 8.24. The molecule has 2 saturated carbocycles. The van der Waals surface area contributed by atoms with Gasteiger partial charge in [-0.3, -0.25) is 0 Å². The van der Waals surface area contributed by atoms with Gasteiger partial charge in [-0.1, -0.05) is 0 Å². The number of rotatable bonds is 6. The molecule has 170 valence electrons. The van der Waals surface area contributed by atoms with Crippen molar-refractivity contribution in [3.8, 4) is 11.1 Å². The van der Waals surface area contributed by atoms with Crippen LogP contribution < -0.4 is 5.30 Å². The van der Waals surface area contributed by atoms with Crippen molar-refractivity contribution in [2.24, 2.45) is 0 Å². The number of hydrogen-bond acceptors (Lipinski definition) is 0. The third-order valence-corrected chi connectivity index (χ3v) is 20.0. The van der Waals surface area contributed by atoms with Gasteiger partial charge in [0.15, 0.2) is 0 Å². The summed E-state index contributed by atoms with van der Waals surface area (Å²) in [5, 5.41) is 1.81. The van der Waals surface area contributed by atoms with Crippen LogP contribution in [0.25, 0.3) is 11.1 Å². The van der Waals surface area contributed by atoms with E-state index in [0.717, 1.165) is 22.6 Å². The zero-order valence-electron chi connectivity index (χ0n) is 20.5. The molecular weight excluding hydrogens is 391 g/mol. The molecule has 0 atom stereocenters. The SMILES string of the molecule is CC(C)P(c1ccccc1-c1ccccc1)(C(C)C)(C1CCCCC1)C1CCCCC1. The van der Waals surface area contributed by atoms with Crippen LogP contribution in [0, 0.1) is 0 Å². The van der Waals surface area contributed by atoms with Crippen LogP contribution in [0.15, 0.2) is 54.6 Å². The normalized spacial score (nSPS) is 20.6. The molecule has 0 radical (unpaired) electrons. The Morgan fingerprint density at radius 3 is 1.52 bits per heavy atom. The van der Waals surface area contributed by atoms with Gasteiger partial charge in [-0.15, -0.1) is 0 Å². The molecule has 4 rings (SSSR count). The summed E-state index contributed by atoms with van der Waals surface area (Å²) in [5.74, 6) is 0.